The van der Waals surface area contributed by atoms with E-state index in [4.69, 9.17) is 4.74 Å². The fourth-order valence-electron chi connectivity index (χ4n) is 2.39. The lowest BCUT2D eigenvalue weighted by Gasteiger charge is -2.05. The van der Waals surface area contributed by atoms with Gasteiger partial charge in [0.2, 0.25) is 0 Å². The number of ether oxygens (including phenoxy) is 1. The second-order valence-electron chi connectivity index (χ2n) is 5.41. The molecule has 1 aromatic heterocycles. The molecule has 0 fully saturated rings. The van der Waals surface area contributed by atoms with Crippen molar-refractivity contribution in [2.75, 3.05) is 12.9 Å². The number of rotatable bonds is 6. The molecule has 8 heteroatoms. The first-order valence-electron chi connectivity index (χ1n) is 7.78. The average molecular weight is 433 g/mol. The third-order valence-corrected chi connectivity index (χ3v) is 5.19. The molecule has 0 aliphatic carbocycles. The minimum Gasteiger partial charge on any atom is -0.496 e. The number of hydrogen-bond acceptors (Lipinski definition) is 5. The molecule has 1 N–H and O–H groups in total. The molecule has 0 aliphatic heterocycles. The lowest BCUT2D eigenvalue weighted by Crippen LogP contribution is -2.20. The highest BCUT2D eigenvalue weighted by Crippen LogP contribution is 2.23. The van der Waals surface area contributed by atoms with E-state index >= 15 is 0 Å². The topological polar surface area (TPSA) is 68.5 Å². The summed E-state index contributed by atoms with van der Waals surface area (Å²) in [4.78, 5) is 16.6. The van der Waals surface area contributed by atoms with Crippen LogP contribution in [0.25, 0.3) is 11.0 Å². The summed E-state index contributed by atoms with van der Waals surface area (Å²) in [6, 6.07) is 13.4. The van der Waals surface area contributed by atoms with Crippen LogP contribution in [0.15, 0.2) is 57.2 Å². The highest BCUT2D eigenvalue weighted by molar-refractivity contribution is 9.10. The Bertz CT molecular complexity index is 971. The molecule has 0 unspecified atom stereocenters. The van der Waals surface area contributed by atoms with Crippen molar-refractivity contribution in [2.45, 2.75) is 5.16 Å². The Hall–Kier alpha value is -2.32. The number of carbonyl (C=O) groups excluding carboxylic acids is 1. The Morgan fingerprint density at radius 2 is 2.19 bits per heavy atom. The van der Waals surface area contributed by atoms with Gasteiger partial charge in [-0.3, -0.25) is 4.79 Å². The summed E-state index contributed by atoms with van der Waals surface area (Å²) in [5.74, 6) is 0.706. The lowest BCUT2D eigenvalue weighted by atomic mass is 10.2. The molecule has 0 spiro atoms. The van der Waals surface area contributed by atoms with Gasteiger partial charge in [-0.2, -0.15) is 5.10 Å². The van der Waals surface area contributed by atoms with Gasteiger partial charge in [0, 0.05) is 17.1 Å². The predicted octanol–water partition coefficient (Wildman–Crippen LogP) is 3.59. The van der Waals surface area contributed by atoms with Crippen LogP contribution in [0.4, 0.5) is 0 Å². The molecule has 0 saturated heterocycles. The number of amides is 1. The number of aromatic nitrogens is 2. The third-order valence-electron chi connectivity index (χ3n) is 3.66. The number of thioether (sulfide) groups is 1. The van der Waals surface area contributed by atoms with E-state index in [2.05, 4.69) is 31.4 Å². The second-order valence-corrected chi connectivity index (χ2v) is 7.27. The normalized spacial score (nSPS) is 11.2. The SMILES string of the molecule is COc1ccc(Br)cc1/C=N/NC(=O)CSc1nc2ccccc2n1C. The lowest BCUT2D eigenvalue weighted by molar-refractivity contribution is -0.118. The summed E-state index contributed by atoms with van der Waals surface area (Å²) in [5, 5.41) is 4.79. The fraction of sp³-hybridized carbons (Fsp3) is 0.167. The maximum atomic E-state index is 12.0. The van der Waals surface area contributed by atoms with E-state index in [1.807, 2.05) is 54.1 Å². The van der Waals surface area contributed by atoms with Crippen LogP contribution in [0, 0.1) is 0 Å². The van der Waals surface area contributed by atoms with Crippen molar-refractivity contribution in [3.63, 3.8) is 0 Å². The molecular weight excluding hydrogens is 416 g/mol. The molecule has 0 atom stereocenters. The Labute approximate surface area is 163 Å². The summed E-state index contributed by atoms with van der Waals surface area (Å²) in [5.41, 5.74) is 5.25. The molecule has 0 aliphatic rings. The first-order valence-corrected chi connectivity index (χ1v) is 9.56. The maximum absolute atomic E-state index is 12.0. The minimum absolute atomic E-state index is 0.202. The van der Waals surface area contributed by atoms with Crippen molar-refractivity contribution in [1.29, 1.82) is 0 Å². The molecule has 0 radical (unpaired) electrons. The van der Waals surface area contributed by atoms with E-state index < -0.39 is 0 Å². The number of benzene rings is 2. The van der Waals surface area contributed by atoms with Gasteiger partial charge in [-0.15, -0.1) is 0 Å². The maximum Gasteiger partial charge on any atom is 0.250 e. The molecule has 6 nitrogen and oxygen atoms in total. The van der Waals surface area contributed by atoms with Gasteiger partial charge in [-0.1, -0.05) is 39.8 Å². The van der Waals surface area contributed by atoms with Crippen molar-refractivity contribution in [3.05, 3.63) is 52.5 Å². The van der Waals surface area contributed by atoms with E-state index in [-0.39, 0.29) is 11.7 Å². The van der Waals surface area contributed by atoms with E-state index in [0.717, 1.165) is 26.2 Å². The van der Waals surface area contributed by atoms with Gasteiger partial charge in [-0.25, -0.2) is 10.4 Å². The third kappa shape index (κ3) is 4.25. The molecular formula is C18H17BrN4O2S. The van der Waals surface area contributed by atoms with Gasteiger partial charge >= 0.3 is 0 Å². The zero-order valence-electron chi connectivity index (χ0n) is 14.3. The number of methoxy groups -OCH3 is 1. The van der Waals surface area contributed by atoms with Crippen molar-refractivity contribution < 1.29 is 9.53 Å². The van der Waals surface area contributed by atoms with E-state index in [1.54, 1.807) is 13.3 Å². The molecule has 0 bridgehead atoms. The van der Waals surface area contributed by atoms with Crippen molar-refractivity contribution in [1.82, 2.24) is 15.0 Å². The monoisotopic (exact) mass is 432 g/mol. The van der Waals surface area contributed by atoms with Crippen LogP contribution in [-0.2, 0) is 11.8 Å². The van der Waals surface area contributed by atoms with Gasteiger partial charge in [0.05, 0.1) is 30.1 Å². The highest BCUT2D eigenvalue weighted by atomic mass is 79.9. The summed E-state index contributed by atoms with van der Waals surface area (Å²) in [6.07, 6.45) is 1.56. The standard InChI is InChI=1S/C18H17BrN4O2S/c1-23-15-6-4-3-5-14(15)21-18(23)26-11-17(24)22-20-10-12-9-13(19)7-8-16(12)25-2/h3-10H,11H2,1-2H3,(H,22,24)/b20-10+. The largest absolute Gasteiger partial charge is 0.496 e. The fourth-order valence-corrected chi connectivity index (χ4v) is 3.55. The van der Waals surface area contributed by atoms with Crippen LogP contribution in [0.5, 0.6) is 5.75 Å². The molecule has 134 valence electrons. The van der Waals surface area contributed by atoms with Crippen molar-refractivity contribution in [2.24, 2.45) is 12.1 Å². The number of carbonyl (C=O) groups is 1. The van der Waals surface area contributed by atoms with Gasteiger partial charge in [0.25, 0.3) is 5.91 Å². The average Bonchev–Trinajstić information content (AvgIpc) is 2.96. The molecule has 2 aromatic carbocycles. The van der Waals surface area contributed by atoms with Crippen LogP contribution in [0.1, 0.15) is 5.56 Å². The van der Waals surface area contributed by atoms with Crippen LogP contribution < -0.4 is 10.2 Å². The first kappa shape index (κ1) is 18.5. The number of imidazole rings is 1. The van der Waals surface area contributed by atoms with Crippen LogP contribution in [-0.4, -0.2) is 34.5 Å². The molecule has 0 saturated carbocycles. The Morgan fingerprint density at radius 1 is 1.38 bits per heavy atom. The summed E-state index contributed by atoms with van der Waals surface area (Å²) >= 11 is 4.77. The smallest absolute Gasteiger partial charge is 0.250 e. The highest BCUT2D eigenvalue weighted by Gasteiger charge is 2.10. The molecule has 3 aromatic rings. The van der Waals surface area contributed by atoms with E-state index in [0.29, 0.717) is 5.75 Å². The number of hydrogen-bond donors (Lipinski definition) is 1. The second kappa shape index (κ2) is 8.37. The number of nitrogens with one attached hydrogen (secondary N) is 1. The van der Waals surface area contributed by atoms with Crippen LogP contribution in [0.3, 0.4) is 0 Å². The quantitative estimate of drug-likeness (QED) is 0.367. The zero-order chi connectivity index (χ0) is 18.5. The molecule has 1 amide bonds. The van der Waals surface area contributed by atoms with Gasteiger partial charge < -0.3 is 9.30 Å². The zero-order valence-corrected chi connectivity index (χ0v) is 16.7. The van der Waals surface area contributed by atoms with E-state index in [9.17, 15) is 4.79 Å². The molecule has 1 heterocycles. The Kier molecular flexibility index (Phi) is 5.95. The van der Waals surface area contributed by atoms with Gasteiger partial charge in [0.1, 0.15) is 5.75 Å². The number of hydrazone groups is 1. The number of para-hydroxylation sites is 2. The van der Waals surface area contributed by atoms with Crippen LogP contribution in [0.2, 0.25) is 0 Å². The molecule has 26 heavy (non-hydrogen) atoms. The number of halogens is 1. The van der Waals surface area contributed by atoms with Gasteiger partial charge in [0.15, 0.2) is 5.16 Å². The Morgan fingerprint density at radius 3 is 2.96 bits per heavy atom. The summed E-state index contributed by atoms with van der Waals surface area (Å²) < 4.78 is 8.15. The number of nitrogens with zero attached hydrogens (tertiary/aromatic N) is 3. The van der Waals surface area contributed by atoms with Crippen LogP contribution >= 0.6 is 27.7 Å². The number of aryl methyl sites for hydroxylation is 1. The van der Waals surface area contributed by atoms with Gasteiger partial charge in [-0.05, 0) is 30.3 Å². The molecule has 3 rings (SSSR count). The first-order chi connectivity index (χ1) is 12.6. The Balaban J connectivity index is 1.59. The van der Waals surface area contributed by atoms with Crippen molar-refractivity contribution >= 4 is 50.8 Å². The number of fused-ring (bicyclic) bond motifs is 1. The predicted molar refractivity (Wildman–Crippen MR) is 108 cm³/mol. The van der Waals surface area contributed by atoms with E-state index in [1.165, 1.54) is 11.8 Å². The van der Waals surface area contributed by atoms with Crippen molar-refractivity contribution in [3.8, 4) is 5.75 Å². The minimum atomic E-state index is -0.202. The summed E-state index contributed by atoms with van der Waals surface area (Å²) in [7, 11) is 3.53. The summed E-state index contributed by atoms with van der Waals surface area (Å²) in [6.45, 7) is 0.